The summed E-state index contributed by atoms with van der Waals surface area (Å²) in [7, 11) is 3.14. The van der Waals surface area contributed by atoms with Crippen LogP contribution in [0.3, 0.4) is 0 Å². The number of aryl methyl sites for hydroxylation is 1. The van der Waals surface area contributed by atoms with Crippen molar-refractivity contribution in [2.75, 3.05) is 19.5 Å². The van der Waals surface area contributed by atoms with Crippen molar-refractivity contribution >= 4 is 28.2 Å². The average Bonchev–Trinajstić information content (AvgIpc) is 3.36. The number of imidazole rings is 1. The van der Waals surface area contributed by atoms with Crippen molar-refractivity contribution in [1.82, 2.24) is 24.6 Å². The molecule has 10 heteroatoms. The zero-order valence-corrected chi connectivity index (χ0v) is 16.3. The van der Waals surface area contributed by atoms with E-state index in [0.717, 1.165) is 10.5 Å². The predicted octanol–water partition coefficient (Wildman–Crippen LogP) is 2.69. The van der Waals surface area contributed by atoms with Crippen LogP contribution in [0, 0.1) is 6.92 Å². The van der Waals surface area contributed by atoms with Gasteiger partial charge in [-0.2, -0.15) is 4.98 Å². The highest BCUT2D eigenvalue weighted by Crippen LogP contribution is 2.31. The molecule has 0 spiro atoms. The van der Waals surface area contributed by atoms with Gasteiger partial charge in [-0.15, -0.1) is 16.4 Å². The van der Waals surface area contributed by atoms with Crippen molar-refractivity contribution in [2.45, 2.75) is 13.3 Å². The molecular weight excluding hydrogens is 380 g/mol. The van der Waals surface area contributed by atoms with Crippen molar-refractivity contribution in [3.63, 3.8) is 0 Å². The first-order valence-corrected chi connectivity index (χ1v) is 9.26. The summed E-state index contributed by atoms with van der Waals surface area (Å²) in [6.45, 7) is 2.02. The van der Waals surface area contributed by atoms with Gasteiger partial charge < -0.3 is 9.47 Å². The van der Waals surface area contributed by atoms with E-state index < -0.39 is 0 Å². The van der Waals surface area contributed by atoms with E-state index in [1.165, 1.54) is 4.88 Å². The summed E-state index contributed by atoms with van der Waals surface area (Å²) in [5.41, 5.74) is 1.45. The van der Waals surface area contributed by atoms with Gasteiger partial charge in [-0.25, -0.2) is 4.98 Å². The Morgan fingerprint density at radius 3 is 2.79 bits per heavy atom. The second kappa shape index (κ2) is 7.31. The van der Waals surface area contributed by atoms with Crippen LogP contribution in [-0.4, -0.2) is 44.7 Å². The summed E-state index contributed by atoms with van der Waals surface area (Å²) in [6, 6.07) is 5.39. The van der Waals surface area contributed by atoms with Crippen LogP contribution in [0.4, 0.5) is 5.95 Å². The van der Waals surface area contributed by atoms with Gasteiger partial charge in [0.05, 0.1) is 26.3 Å². The van der Waals surface area contributed by atoms with Crippen molar-refractivity contribution < 1.29 is 14.3 Å². The number of rotatable bonds is 6. The third-order valence-corrected chi connectivity index (χ3v) is 4.97. The molecule has 2 N–H and O–H groups in total. The summed E-state index contributed by atoms with van der Waals surface area (Å²) < 4.78 is 12.4. The minimum Gasteiger partial charge on any atom is -0.493 e. The first-order valence-electron chi connectivity index (χ1n) is 8.44. The number of nitrogens with zero attached hydrogens (tertiary/aromatic N) is 4. The average molecular weight is 398 g/mol. The third kappa shape index (κ3) is 3.54. The summed E-state index contributed by atoms with van der Waals surface area (Å²) in [5, 5.41) is 9.55. The lowest BCUT2D eigenvalue weighted by Crippen LogP contribution is -2.15. The van der Waals surface area contributed by atoms with Gasteiger partial charge in [0.15, 0.2) is 22.3 Å². The maximum absolute atomic E-state index is 12.3. The number of ether oxygens (including phenoxy) is 2. The number of hydrogen-bond donors (Lipinski definition) is 2. The van der Waals surface area contributed by atoms with E-state index in [0.29, 0.717) is 23.0 Å². The Bertz CT molecular complexity index is 1110. The molecule has 0 atom stereocenters. The molecule has 0 saturated carbocycles. The largest absolute Gasteiger partial charge is 0.493 e. The molecule has 1 amide bonds. The molecule has 3 aromatic heterocycles. The highest BCUT2D eigenvalue weighted by molar-refractivity contribution is 7.16. The van der Waals surface area contributed by atoms with Gasteiger partial charge in [0, 0.05) is 22.8 Å². The zero-order valence-electron chi connectivity index (χ0n) is 15.5. The molecule has 28 heavy (non-hydrogen) atoms. The molecule has 4 aromatic rings. The molecule has 1 aromatic carbocycles. The topological polar surface area (TPSA) is 106 Å². The molecule has 9 nitrogen and oxygen atoms in total. The van der Waals surface area contributed by atoms with Crippen LogP contribution in [-0.2, 0) is 11.2 Å². The Kier molecular flexibility index (Phi) is 4.70. The fraction of sp³-hybridized carbons (Fsp3) is 0.222. The van der Waals surface area contributed by atoms with Gasteiger partial charge in [-0.3, -0.25) is 19.6 Å². The molecule has 0 aliphatic carbocycles. The molecular formula is C18H18N6O3S. The Balaban J connectivity index is 1.45. The van der Waals surface area contributed by atoms with Crippen LogP contribution >= 0.6 is 11.3 Å². The monoisotopic (exact) mass is 398 g/mol. The number of benzene rings is 1. The maximum Gasteiger partial charge on any atom is 0.249 e. The number of aromatic amines is 1. The molecule has 3 heterocycles. The van der Waals surface area contributed by atoms with E-state index in [2.05, 4.69) is 25.5 Å². The number of thiazole rings is 1. The number of nitrogens with one attached hydrogen (secondary N) is 2. The first kappa shape index (κ1) is 18.0. The Labute approximate surface area is 164 Å². The summed E-state index contributed by atoms with van der Waals surface area (Å²) in [6.07, 6.45) is 3.98. The summed E-state index contributed by atoms with van der Waals surface area (Å²) >= 11 is 1.58. The van der Waals surface area contributed by atoms with Gasteiger partial charge in [-0.05, 0) is 25.1 Å². The van der Waals surface area contributed by atoms with Gasteiger partial charge >= 0.3 is 0 Å². The number of amides is 1. The number of H-pyrrole nitrogens is 1. The minimum absolute atomic E-state index is 0.147. The highest BCUT2D eigenvalue weighted by Gasteiger charge is 2.14. The van der Waals surface area contributed by atoms with E-state index in [1.807, 2.05) is 29.8 Å². The van der Waals surface area contributed by atoms with Gasteiger partial charge in [0.2, 0.25) is 11.9 Å². The lowest BCUT2D eigenvalue weighted by molar-refractivity contribution is -0.115. The number of hydrogen-bond acceptors (Lipinski definition) is 7. The molecule has 0 saturated heterocycles. The van der Waals surface area contributed by atoms with Crippen LogP contribution in [0.15, 0.2) is 30.6 Å². The van der Waals surface area contributed by atoms with Crippen molar-refractivity contribution in [3.8, 4) is 22.9 Å². The fourth-order valence-corrected chi connectivity index (χ4v) is 3.64. The minimum atomic E-state index is -0.236. The van der Waals surface area contributed by atoms with Crippen molar-refractivity contribution in [3.05, 3.63) is 41.2 Å². The zero-order chi connectivity index (χ0) is 19.7. The van der Waals surface area contributed by atoms with Crippen molar-refractivity contribution in [1.29, 1.82) is 0 Å². The van der Waals surface area contributed by atoms with E-state index in [9.17, 15) is 4.79 Å². The molecule has 0 unspecified atom stereocenters. The Hall–Kier alpha value is -3.40. The van der Waals surface area contributed by atoms with E-state index in [4.69, 9.17) is 9.47 Å². The van der Waals surface area contributed by atoms with Gasteiger partial charge in [0.25, 0.3) is 0 Å². The van der Waals surface area contributed by atoms with Crippen molar-refractivity contribution in [2.24, 2.45) is 0 Å². The van der Waals surface area contributed by atoms with Crippen LogP contribution in [0.1, 0.15) is 10.6 Å². The quantitative estimate of drug-likeness (QED) is 0.517. The van der Waals surface area contributed by atoms with Crippen LogP contribution in [0.2, 0.25) is 0 Å². The van der Waals surface area contributed by atoms with Crippen LogP contribution in [0.5, 0.6) is 11.5 Å². The lowest BCUT2D eigenvalue weighted by Gasteiger charge is -2.07. The normalized spacial score (nSPS) is 11.0. The SMILES string of the molecule is COc1ccc(-c2nc(NC(=O)Cc3cn4cc(C)sc4n3)n[nH]2)cc1OC. The van der Waals surface area contributed by atoms with Gasteiger partial charge in [-0.1, -0.05) is 0 Å². The second-order valence-electron chi connectivity index (χ2n) is 6.07. The summed E-state index contributed by atoms with van der Waals surface area (Å²) in [4.78, 5) is 23.1. The molecule has 0 aliphatic rings. The number of carbonyl (C=O) groups is 1. The standard InChI is InChI=1S/C18H18N6O3S/c1-10-8-24-9-12(19-18(24)28-10)7-15(25)20-17-21-16(22-23-17)11-4-5-13(26-2)14(6-11)27-3/h4-6,8-9H,7H2,1-3H3,(H2,20,21,22,23,25). The van der Waals surface area contributed by atoms with Gasteiger partial charge in [0.1, 0.15) is 0 Å². The van der Waals surface area contributed by atoms with E-state index in [-0.39, 0.29) is 18.3 Å². The summed E-state index contributed by atoms with van der Waals surface area (Å²) in [5.74, 6) is 1.67. The van der Waals surface area contributed by atoms with Crippen LogP contribution < -0.4 is 14.8 Å². The Morgan fingerprint density at radius 2 is 2.04 bits per heavy atom. The van der Waals surface area contributed by atoms with Crippen LogP contribution in [0.25, 0.3) is 16.3 Å². The van der Waals surface area contributed by atoms with E-state index in [1.54, 1.807) is 37.7 Å². The lowest BCUT2D eigenvalue weighted by atomic mass is 10.2. The molecule has 0 radical (unpaired) electrons. The second-order valence-corrected chi connectivity index (χ2v) is 7.28. The number of methoxy groups -OCH3 is 2. The first-order chi connectivity index (χ1) is 13.6. The third-order valence-electron chi connectivity index (χ3n) is 4.06. The highest BCUT2D eigenvalue weighted by atomic mass is 32.1. The molecule has 0 fully saturated rings. The molecule has 0 bridgehead atoms. The number of anilines is 1. The molecule has 4 rings (SSSR count). The molecule has 0 aliphatic heterocycles. The van der Waals surface area contributed by atoms with E-state index >= 15 is 0 Å². The number of aromatic nitrogens is 5. The predicted molar refractivity (Wildman–Crippen MR) is 105 cm³/mol. The number of carbonyl (C=O) groups excluding carboxylic acids is 1. The fourth-order valence-electron chi connectivity index (χ4n) is 2.81. The maximum atomic E-state index is 12.3. The smallest absolute Gasteiger partial charge is 0.249 e. The Morgan fingerprint density at radius 1 is 1.21 bits per heavy atom. The number of fused-ring (bicyclic) bond motifs is 1. The molecule has 144 valence electrons.